The van der Waals surface area contributed by atoms with Crippen LogP contribution in [0.2, 0.25) is 0 Å². The van der Waals surface area contributed by atoms with E-state index in [-0.39, 0.29) is 36.8 Å². The zero-order chi connectivity index (χ0) is 33.4. The van der Waals surface area contributed by atoms with Gasteiger partial charge in [0, 0.05) is 24.4 Å². The molecule has 0 aromatic heterocycles. The summed E-state index contributed by atoms with van der Waals surface area (Å²) in [6.45, 7) is 9.06. The van der Waals surface area contributed by atoms with Gasteiger partial charge in [0.05, 0.1) is 4.90 Å². The van der Waals surface area contributed by atoms with Crippen molar-refractivity contribution in [3.05, 3.63) is 81.9 Å². The first-order valence-corrected chi connectivity index (χ1v) is 16.6. The minimum atomic E-state index is -4.22. The molecule has 0 unspecified atom stereocenters. The molecule has 0 saturated carbocycles. The molecule has 244 valence electrons. The van der Waals surface area contributed by atoms with Crippen LogP contribution >= 0.6 is 0 Å². The number of sulfonamides is 1. The lowest BCUT2D eigenvalue weighted by atomic mass is 9.94. The third-order valence-corrected chi connectivity index (χ3v) is 10.3. The summed E-state index contributed by atoms with van der Waals surface area (Å²) in [5.74, 6) is -0.748. The molecule has 4 N–H and O–H groups in total. The quantitative estimate of drug-likeness (QED) is 0.221. The molecule has 12 heteroatoms. The molecule has 1 aliphatic carbocycles. The number of hydrogen-bond donors (Lipinski definition) is 4. The van der Waals surface area contributed by atoms with Crippen molar-refractivity contribution in [3.8, 4) is 16.9 Å². The van der Waals surface area contributed by atoms with Crippen molar-refractivity contribution in [3.63, 3.8) is 0 Å². The van der Waals surface area contributed by atoms with Gasteiger partial charge in [-0.25, -0.2) is 27.5 Å². The van der Waals surface area contributed by atoms with E-state index in [4.69, 9.17) is 9.47 Å². The Hall–Kier alpha value is -4.58. The molecule has 1 heterocycles. The number of amides is 3. The number of nitrogens with one attached hydrogen (secondary N) is 3. The maximum absolute atomic E-state index is 13.3. The molecule has 0 bridgehead atoms. The maximum Gasteiger partial charge on any atom is 0.407 e. The normalized spacial score (nSPS) is 15.2. The van der Waals surface area contributed by atoms with E-state index >= 15 is 0 Å². The summed E-state index contributed by atoms with van der Waals surface area (Å²) in [5, 5.41) is 14.5. The molecule has 1 aliphatic heterocycles. The number of carboxylic acid groups (broad SMARTS) is 1. The number of aliphatic carboxylic acids is 1. The monoisotopic (exact) mass is 649 g/mol. The van der Waals surface area contributed by atoms with Gasteiger partial charge in [-0.1, -0.05) is 48.5 Å². The molecule has 3 aromatic rings. The highest BCUT2D eigenvalue weighted by molar-refractivity contribution is 7.90. The molecule has 3 amide bonds. The summed E-state index contributed by atoms with van der Waals surface area (Å²) in [5.41, 5.74) is 6.29. The Balaban J connectivity index is 1.12. The van der Waals surface area contributed by atoms with Crippen LogP contribution in [0, 0.1) is 20.8 Å². The van der Waals surface area contributed by atoms with Crippen molar-refractivity contribution >= 4 is 28.1 Å². The molecule has 0 fully saturated rings. The Kier molecular flexibility index (Phi) is 9.03. The van der Waals surface area contributed by atoms with E-state index in [0.29, 0.717) is 28.9 Å². The predicted octanol–water partition coefficient (Wildman–Crippen LogP) is 5.09. The second-order valence-electron chi connectivity index (χ2n) is 12.4. The number of carboxylic acids is 1. The van der Waals surface area contributed by atoms with Crippen molar-refractivity contribution in [2.45, 2.75) is 76.3 Å². The van der Waals surface area contributed by atoms with Gasteiger partial charge in [0.1, 0.15) is 24.0 Å². The van der Waals surface area contributed by atoms with E-state index < -0.39 is 39.8 Å². The summed E-state index contributed by atoms with van der Waals surface area (Å²) in [4.78, 5) is 37.1. The van der Waals surface area contributed by atoms with Crippen molar-refractivity contribution < 1.29 is 37.4 Å². The number of hydrogen-bond acceptors (Lipinski definition) is 7. The van der Waals surface area contributed by atoms with E-state index in [1.54, 1.807) is 20.8 Å². The van der Waals surface area contributed by atoms with Gasteiger partial charge in [-0.05, 0) is 86.4 Å². The fourth-order valence-electron chi connectivity index (χ4n) is 6.40. The van der Waals surface area contributed by atoms with Gasteiger partial charge in [-0.2, -0.15) is 0 Å². The lowest BCUT2D eigenvalue weighted by Crippen LogP contribution is -2.43. The van der Waals surface area contributed by atoms with E-state index in [1.807, 2.05) is 62.4 Å². The molecule has 11 nitrogen and oxygen atoms in total. The minimum Gasteiger partial charge on any atom is -0.487 e. The molecule has 2 aliphatic rings. The van der Waals surface area contributed by atoms with E-state index in [1.165, 1.54) is 0 Å². The molecule has 5 rings (SSSR count). The Bertz CT molecular complexity index is 1770. The Morgan fingerprint density at radius 2 is 1.59 bits per heavy atom. The second kappa shape index (κ2) is 12.7. The van der Waals surface area contributed by atoms with Crippen molar-refractivity contribution in [1.29, 1.82) is 0 Å². The van der Waals surface area contributed by atoms with Crippen LogP contribution in [0.4, 0.5) is 9.59 Å². The van der Waals surface area contributed by atoms with Gasteiger partial charge >= 0.3 is 18.1 Å². The first-order chi connectivity index (χ1) is 21.7. The molecular formula is C34H39N3O8S. The number of alkyl carbamates (subject to hydrolysis) is 1. The zero-order valence-electron chi connectivity index (χ0n) is 26.5. The highest BCUT2D eigenvalue weighted by atomic mass is 32.2. The molecule has 0 spiro atoms. The average molecular weight is 650 g/mol. The minimum absolute atomic E-state index is 0.0232. The number of urea groups is 1. The topological polar surface area (TPSA) is 160 Å². The number of carbonyl (C=O) groups excluding carboxylic acids is 2. The molecular weight excluding hydrogens is 610 g/mol. The lowest BCUT2D eigenvalue weighted by molar-refractivity contribution is -0.139. The number of fused-ring (bicyclic) bond motifs is 4. The largest absolute Gasteiger partial charge is 0.487 e. The number of ether oxygens (including phenoxy) is 2. The number of rotatable bonds is 10. The summed E-state index contributed by atoms with van der Waals surface area (Å²) in [7, 11) is -4.22. The second-order valence-corrected chi connectivity index (χ2v) is 14.0. The van der Waals surface area contributed by atoms with Crippen LogP contribution in [0.15, 0.2) is 53.4 Å². The fourth-order valence-corrected chi connectivity index (χ4v) is 7.91. The first-order valence-electron chi connectivity index (χ1n) is 15.2. The van der Waals surface area contributed by atoms with Gasteiger partial charge in [0.15, 0.2) is 0 Å². The van der Waals surface area contributed by atoms with Crippen LogP contribution in [-0.4, -0.2) is 56.4 Å². The SMILES string of the molecule is Cc1c(C)c(S(=O)(=O)NC(=O)NCCC[C@H](NC(=O)OCC2c3ccccc3-c3ccccc32)C(=O)O)c(C)c2c1OC(C)(C)C2. The van der Waals surface area contributed by atoms with Gasteiger partial charge in [-0.15, -0.1) is 0 Å². The van der Waals surface area contributed by atoms with Crippen LogP contribution in [-0.2, 0) is 26.0 Å². The van der Waals surface area contributed by atoms with Gasteiger partial charge in [0.2, 0.25) is 0 Å². The van der Waals surface area contributed by atoms with Crippen molar-refractivity contribution in [1.82, 2.24) is 15.4 Å². The maximum atomic E-state index is 13.3. The highest BCUT2D eigenvalue weighted by Gasteiger charge is 2.37. The summed E-state index contributed by atoms with van der Waals surface area (Å²) in [6, 6.07) is 13.6. The highest BCUT2D eigenvalue weighted by Crippen LogP contribution is 2.45. The molecule has 0 saturated heterocycles. The van der Waals surface area contributed by atoms with Crippen molar-refractivity contribution in [2.75, 3.05) is 13.2 Å². The Morgan fingerprint density at radius 1 is 0.978 bits per heavy atom. The van der Waals surface area contributed by atoms with E-state index in [9.17, 15) is 27.9 Å². The van der Waals surface area contributed by atoms with Gasteiger partial charge in [-0.3, -0.25) is 0 Å². The lowest BCUT2D eigenvalue weighted by Gasteiger charge is -2.19. The van der Waals surface area contributed by atoms with Crippen LogP contribution in [0.3, 0.4) is 0 Å². The molecule has 46 heavy (non-hydrogen) atoms. The van der Waals surface area contributed by atoms with Crippen molar-refractivity contribution in [2.24, 2.45) is 0 Å². The standard InChI is InChI=1S/C34H39N3O8S/c1-19-20(2)30(21(3)26-17-34(4,5)45-29(19)26)46(42,43)37-32(40)35-16-10-15-28(31(38)39)36-33(41)44-18-27-24-13-8-6-11-22(24)23-12-7-9-14-25(23)27/h6-9,11-14,27-28H,10,15-18H2,1-5H3,(H,36,41)(H,38,39)(H2,35,37,40)/t28-/m0/s1. The third-order valence-electron chi connectivity index (χ3n) is 8.68. The van der Waals surface area contributed by atoms with Crippen LogP contribution < -0.4 is 20.1 Å². The van der Waals surface area contributed by atoms with Crippen LogP contribution in [0.25, 0.3) is 11.1 Å². The smallest absolute Gasteiger partial charge is 0.407 e. The zero-order valence-corrected chi connectivity index (χ0v) is 27.3. The molecule has 0 radical (unpaired) electrons. The van der Waals surface area contributed by atoms with Gasteiger partial charge in [0.25, 0.3) is 10.0 Å². The third kappa shape index (κ3) is 6.53. The fraction of sp³-hybridized carbons (Fsp3) is 0.382. The van der Waals surface area contributed by atoms with Crippen LogP contribution in [0.1, 0.15) is 66.0 Å². The molecule has 3 aromatic carbocycles. The summed E-state index contributed by atoms with van der Waals surface area (Å²) in [6.07, 6.45) is -0.199. The summed E-state index contributed by atoms with van der Waals surface area (Å²) < 4.78 is 40.2. The van der Waals surface area contributed by atoms with Gasteiger partial charge < -0.3 is 25.2 Å². The van der Waals surface area contributed by atoms with E-state index in [2.05, 4.69) is 15.4 Å². The number of benzene rings is 3. The Labute approximate surface area is 268 Å². The predicted molar refractivity (Wildman–Crippen MR) is 172 cm³/mol. The first kappa shape index (κ1) is 32.8. The summed E-state index contributed by atoms with van der Waals surface area (Å²) >= 11 is 0. The molecule has 1 atom stereocenters. The number of carbonyl (C=O) groups is 3. The van der Waals surface area contributed by atoms with Crippen LogP contribution in [0.5, 0.6) is 5.75 Å². The Morgan fingerprint density at radius 3 is 2.20 bits per heavy atom. The van der Waals surface area contributed by atoms with E-state index in [0.717, 1.165) is 27.8 Å². The average Bonchev–Trinajstić information content (AvgIpc) is 3.50.